The summed E-state index contributed by atoms with van der Waals surface area (Å²) >= 11 is 0. The summed E-state index contributed by atoms with van der Waals surface area (Å²) < 4.78 is 26.0. The molecule has 2 fully saturated rings. The molecule has 0 saturated heterocycles. The highest BCUT2D eigenvalue weighted by molar-refractivity contribution is 5.11. The van der Waals surface area contributed by atoms with Crippen LogP contribution in [0, 0.1) is 11.3 Å². The van der Waals surface area contributed by atoms with Gasteiger partial charge in [0.05, 0.1) is 12.2 Å². The lowest BCUT2D eigenvalue weighted by Crippen LogP contribution is -2.63. The first kappa shape index (κ1) is 12.2. The van der Waals surface area contributed by atoms with Crippen molar-refractivity contribution in [3.05, 3.63) is 0 Å². The van der Waals surface area contributed by atoms with Crippen molar-refractivity contribution in [3.8, 4) is 0 Å². The van der Waals surface area contributed by atoms with E-state index in [-0.39, 0.29) is 19.4 Å². The second-order valence-electron chi connectivity index (χ2n) is 5.88. The SMILES string of the molecule is CC1CCCC(O)(C2(CO)CC(F)(F)C2)C1. The summed E-state index contributed by atoms with van der Waals surface area (Å²) in [5.41, 5.74) is -2.04. The minimum absolute atomic E-state index is 0.328. The first-order valence-electron chi connectivity index (χ1n) is 6.04. The molecule has 2 aliphatic rings. The van der Waals surface area contributed by atoms with E-state index in [1.54, 1.807) is 0 Å². The van der Waals surface area contributed by atoms with E-state index < -0.39 is 16.9 Å². The van der Waals surface area contributed by atoms with Gasteiger partial charge in [-0.25, -0.2) is 8.78 Å². The summed E-state index contributed by atoms with van der Waals surface area (Å²) in [5.74, 6) is -2.34. The van der Waals surface area contributed by atoms with E-state index in [9.17, 15) is 19.0 Å². The molecule has 16 heavy (non-hydrogen) atoms. The van der Waals surface area contributed by atoms with E-state index >= 15 is 0 Å². The molecule has 0 amide bonds. The Balaban J connectivity index is 2.15. The Morgan fingerprint density at radius 2 is 1.94 bits per heavy atom. The van der Waals surface area contributed by atoms with Crippen molar-refractivity contribution >= 4 is 0 Å². The maximum absolute atomic E-state index is 13.0. The van der Waals surface area contributed by atoms with Crippen molar-refractivity contribution in [3.63, 3.8) is 0 Å². The fourth-order valence-corrected chi connectivity index (χ4v) is 3.53. The van der Waals surface area contributed by atoms with Crippen molar-refractivity contribution < 1.29 is 19.0 Å². The molecule has 4 heteroatoms. The van der Waals surface area contributed by atoms with Crippen LogP contribution in [0.25, 0.3) is 0 Å². The highest BCUT2D eigenvalue weighted by Gasteiger charge is 2.65. The summed E-state index contributed by atoms with van der Waals surface area (Å²) in [6.45, 7) is 1.71. The van der Waals surface area contributed by atoms with Gasteiger partial charge >= 0.3 is 0 Å². The third kappa shape index (κ3) is 1.76. The molecule has 0 spiro atoms. The zero-order valence-corrected chi connectivity index (χ0v) is 9.68. The molecule has 0 radical (unpaired) electrons. The van der Waals surface area contributed by atoms with Gasteiger partial charge in [-0.05, 0) is 18.8 Å². The van der Waals surface area contributed by atoms with E-state index in [2.05, 4.69) is 0 Å². The Labute approximate surface area is 94.7 Å². The molecule has 2 aliphatic carbocycles. The topological polar surface area (TPSA) is 40.5 Å². The zero-order chi connectivity index (χ0) is 12.0. The first-order valence-corrected chi connectivity index (χ1v) is 6.04. The van der Waals surface area contributed by atoms with Gasteiger partial charge in [-0.15, -0.1) is 0 Å². The number of rotatable bonds is 2. The van der Waals surface area contributed by atoms with Crippen LogP contribution in [-0.4, -0.2) is 28.3 Å². The Morgan fingerprint density at radius 1 is 1.31 bits per heavy atom. The number of hydrogen-bond donors (Lipinski definition) is 2. The van der Waals surface area contributed by atoms with Crippen molar-refractivity contribution in [1.29, 1.82) is 0 Å². The molecule has 2 saturated carbocycles. The summed E-state index contributed by atoms with van der Waals surface area (Å²) in [6.07, 6.45) is 2.28. The average Bonchev–Trinajstić information content (AvgIpc) is 2.12. The van der Waals surface area contributed by atoms with Gasteiger partial charge in [0, 0.05) is 18.3 Å². The van der Waals surface area contributed by atoms with E-state index in [4.69, 9.17) is 0 Å². The quantitative estimate of drug-likeness (QED) is 0.770. The van der Waals surface area contributed by atoms with Gasteiger partial charge in [-0.2, -0.15) is 0 Å². The Kier molecular flexibility index (Phi) is 2.78. The van der Waals surface area contributed by atoms with Gasteiger partial charge in [-0.3, -0.25) is 0 Å². The largest absolute Gasteiger partial charge is 0.396 e. The van der Waals surface area contributed by atoms with Gasteiger partial charge < -0.3 is 10.2 Å². The Bertz CT molecular complexity index is 269. The van der Waals surface area contributed by atoms with Crippen LogP contribution >= 0.6 is 0 Å². The highest BCUT2D eigenvalue weighted by atomic mass is 19.3. The van der Waals surface area contributed by atoms with Crippen LogP contribution in [0.5, 0.6) is 0 Å². The zero-order valence-electron chi connectivity index (χ0n) is 9.68. The maximum atomic E-state index is 13.0. The van der Waals surface area contributed by atoms with Crippen LogP contribution in [0.3, 0.4) is 0 Å². The molecular formula is C12H20F2O2. The Hall–Kier alpha value is -0.220. The van der Waals surface area contributed by atoms with Crippen LogP contribution in [0.4, 0.5) is 8.78 Å². The second kappa shape index (κ2) is 3.64. The van der Waals surface area contributed by atoms with Crippen LogP contribution < -0.4 is 0 Å². The molecule has 0 aliphatic heterocycles. The lowest BCUT2D eigenvalue weighted by Gasteiger charge is -2.57. The highest BCUT2D eigenvalue weighted by Crippen LogP contribution is 2.61. The summed E-state index contributed by atoms with van der Waals surface area (Å²) in [6, 6.07) is 0. The van der Waals surface area contributed by atoms with E-state index in [0.29, 0.717) is 18.8 Å². The van der Waals surface area contributed by atoms with Gasteiger partial charge in [0.15, 0.2) is 0 Å². The van der Waals surface area contributed by atoms with Gasteiger partial charge in [0.25, 0.3) is 0 Å². The molecule has 2 unspecified atom stereocenters. The number of alkyl halides is 2. The van der Waals surface area contributed by atoms with Gasteiger partial charge in [0.2, 0.25) is 5.92 Å². The van der Waals surface area contributed by atoms with Gasteiger partial charge in [-0.1, -0.05) is 19.8 Å². The van der Waals surface area contributed by atoms with Crippen LogP contribution in [0.15, 0.2) is 0 Å². The second-order valence-corrected chi connectivity index (χ2v) is 5.88. The predicted molar refractivity (Wildman–Crippen MR) is 56.3 cm³/mol. The number of hydrogen-bond acceptors (Lipinski definition) is 2. The van der Waals surface area contributed by atoms with Gasteiger partial charge in [0.1, 0.15) is 0 Å². The fourth-order valence-electron chi connectivity index (χ4n) is 3.53. The molecule has 0 aromatic rings. The number of aliphatic hydroxyl groups excluding tert-OH is 1. The predicted octanol–water partition coefficient (Wildman–Crippen LogP) is 2.34. The molecule has 0 heterocycles. The van der Waals surface area contributed by atoms with E-state index in [1.807, 2.05) is 6.92 Å². The summed E-state index contributed by atoms with van der Waals surface area (Å²) in [5, 5.41) is 19.9. The monoisotopic (exact) mass is 234 g/mol. The van der Waals surface area contributed by atoms with Crippen molar-refractivity contribution in [2.45, 2.75) is 57.0 Å². The van der Waals surface area contributed by atoms with E-state index in [0.717, 1.165) is 12.8 Å². The van der Waals surface area contributed by atoms with Crippen molar-refractivity contribution in [2.24, 2.45) is 11.3 Å². The molecule has 2 N–H and O–H groups in total. The van der Waals surface area contributed by atoms with Crippen molar-refractivity contribution in [2.75, 3.05) is 6.61 Å². The molecule has 2 nitrogen and oxygen atoms in total. The summed E-state index contributed by atoms with van der Waals surface area (Å²) in [7, 11) is 0. The smallest absolute Gasteiger partial charge is 0.249 e. The molecule has 2 atom stereocenters. The lowest BCUT2D eigenvalue weighted by molar-refractivity contribution is -0.262. The molecule has 2 rings (SSSR count). The molecule has 0 bridgehead atoms. The van der Waals surface area contributed by atoms with Crippen LogP contribution in [0.2, 0.25) is 0 Å². The third-order valence-corrected chi connectivity index (χ3v) is 4.46. The minimum atomic E-state index is -2.70. The first-order chi connectivity index (χ1) is 7.33. The Morgan fingerprint density at radius 3 is 2.38 bits per heavy atom. The lowest BCUT2D eigenvalue weighted by atomic mass is 9.52. The maximum Gasteiger partial charge on any atom is 0.249 e. The third-order valence-electron chi connectivity index (χ3n) is 4.46. The summed E-state index contributed by atoms with van der Waals surface area (Å²) in [4.78, 5) is 0. The van der Waals surface area contributed by atoms with Crippen LogP contribution in [-0.2, 0) is 0 Å². The fraction of sp³-hybridized carbons (Fsp3) is 1.00. The standard InChI is InChI=1S/C12H20F2O2/c1-9-3-2-4-11(16,5-9)10(8-15)6-12(13,14)7-10/h9,15-16H,2-8H2,1H3. The van der Waals surface area contributed by atoms with Crippen LogP contribution in [0.1, 0.15) is 45.4 Å². The molecule has 94 valence electrons. The molecular weight excluding hydrogens is 214 g/mol. The molecule has 0 aromatic carbocycles. The molecule has 0 aromatic heterocycles. The normalized spacial score (nSPS) is 41.4. The van der Waals surface area contributed by atoms with E-state index in [1.165, 1.54) is 0 Å². The number of halogens is 2. The minimum Gasteiger partial charge on any atom is -0.396 e. The number of aliphatic hydroxyl groups is 2. The average molecular weight is 234 g/mol. The van der Waals surface area contributed by atoms with Crippen molar-refractivity contribution in [1.82, 2.24) is 0 Å².